The van der Waals surface area contributed by atoms with Crippen LogP contribution in [-0.4, -0.2) is 32.7 Å². The molecule has 0 fully saturated rings. The first-order chi connectivity index (χ1) is 13.1. The molecule has 0 radical (unpaired) electrons. The number of benzene rings is 2. The van der Waals surface area contributed by atoms with E-state index in [0.29, 0.717) is 12.4 Å². The maximum Gasteiger partial charge on any atom is 0.224 e. The molecule has 0 bridgehead atoms. The lowest BCUT2D eigenvalue weighted by Crippen LogP contribution is -2.30. The Bertz CT molecular complexity index is 893. The molecule has 8 heteroatoms. The van der Waals surface area contributed by atoms with E-state index >= 15 is 0 Å². The van der Waals surface area contributed by atoms with E-state index in [1.165, 1.54) is 0 Å². The van der Waals surface area contributed by atoms with Gasteiger partial charge in [0.1, 0.15) is 5.75 Å². The van der Waals surface area contributed by atoms with Crippen LogP contribution in [0.1, 0.15) is 31.3 Å². The Balaban J connectivity index is 1.65. The van der Waals surface area contributed by atoms with Crippen LogP contribution in [0.4, 0.5) is 0 Å². The summed E-state index contributed by atoms with van der Waals surface area (Å²) in [4.78, 5) is 12.4. The van der Waals surface area contributed by atoms with Gasteiger partial charge >= 0.3 is 0 Å². The number of halogens is 1. The van der Waals surface area contributed by atoms with Gasteiger partial charge in [-0.2, -0.15) is 4.68 Å². The van der Waals surface area contributed by atoms with Crippen molar-refractivity contribution in [3.05, 3.63) is 64.4 Å². The molecule has 140 valence electrons. The van der Waals surface area contributed by atoms with Crippen LogP contribution >= 0.6 is 15.9 Å². The second-order valence-corrected chi connectivity index (χ2v) is 6.88. The third-order valence-corrected chi connectivity index (χ3v) is 4.46. The highest BCUT2D eigenvalue weighted by atomic mass is 79.9. The first-order valence-electron chi connectivity index (χ1n) is 8.62. The molecule has 7 nitrogen and oxygen atoms in total. The van der Waals surface area contributed by atoms with Gasteiger partial charge in [0.2, 0.25) is 5.91 Å². The second kappa shape index (κ2) is 8.77. The number of carbonyl (C=O) groups is 1. The Hall–Kier alpha value is -2.74. The first kappa shape index (κ1) is 19.0. The van der Waals surface area contributed by atoms with Crippen molar-refractivity contribution >= 4 is 21.8 Å². The summed E-state index contributed by atoms with van der Waals surface area (Å²) in [6.45, 7) is 4.41. The quantitative estimate of drug-likeness (QED) is 0.623. The van der Waals surface area contributed by atoms with Gasteiger partial charge in [0.05, 0.1) is 24.8 Å². The fraction of sp³-hybridized carbons (Fsp3) is 0.263. The number of ether oxygens (including phenoxy) is 1. The predicted octanol–water partition coefficient (Wildman–Crippen LogP) is 3.24. The zero-order valence-corrected chi connectivity index (χ0v) is 16.7. The van der Waals surface area contributed by atoms with Crippen LogP contribution in [0, 0.1) is 0 Å². The highest BCUT2D eigenvalue weighted by Gasteiger charge is 2.18. The maximum atomic E-state index is 12.4. The lowest BCUT2D eigenvalue weighted by atomic mass is 10.1. The summed E-state index contributed by atoms with van der Waals surface area (Å²) in [5, 5.41) is 14.8. The van der Waals surface area contributed by atoms with E-state index in [0.717, 1.165) is 21.5 Å². The molecule has 0 aliphatic heterocycles. The van der Waals surface area contributed by atoms with E-state index in [1.807, 2.05) is 62.4 Å². The number of rotatable bonds is 7. The molecule has 0 aliphatic carbocycles. The minimum Gasteiger partial charge on any atom is -0.494 e. The third-order valence-electron chi connectivity index (χ3n) is 3.93. The highest BCUT2D eigenvalue weighted by Crippen LogP contribution is 2.17. The van der Waals surface area contributed by atoms with Gasteiger partial charge in [-0.3, -0.25) is 4.79 Å². The number of nitrogens with zero attached hydrogens (tertiary/aromatic N) is 4. The van der Waals surface area contributed by atoms with Gasteiger partial charge in [-0.15, -0.1) is 5.10 Å². The van der Waals surface area contributed by atoms with Crippen LogP contribution in [0.5, 0.6) is 5.75 Å². The fourth-order valence-corrected chi connectivity index (χ4v) is 2.91. The Kier molecular flexibility index (Phi) is 6.18. The Morgan fingerprint density at radius 1 is 1.19 bits per heavy atom. The topological polar surface area (TPSA) is 81.9 Å². The van der Waals surface area contributed by atoms with Gasteiger partial charge in [-0.05, 0) is 66.2 Å². The molecule has 0 spiro atoms. The van der Waals surface area contributed by atoms with Gasteiger partial charge in [-0.25, -0.2) is 0 Å². The zero-order chi connectivity index (χ0) is 19.2. The second-order valence-electron chi connectivity index (χ2n) is 5.97. The average molecular weight is 430 g/mol. The molecule has 1 atom stereocenters. The maximum absolute atomic E-state index is 12.4. The smallest absolute Gasteiger partial charge is 0.224 e. The Morgan fingerprint density at radius 3 is 2.56 bits per heavy atom. The van der Waals surface area contributed by atoms with Gasteiger partial charge in [-0.1, -0.05) is 28.1 Å². The number of aromatic nitrogens is 4. The Morgan fingerprint density at radius 2 is 1.89 bits per heavy atom. The fourth-order valence-electron chi connectivity index (χ4n) is 2.64. The molecule has 3 rings (SSSR count). The van der Waals surface area contributed by atoms with E-state index < -0.39 is 0 Å². The lowest BCUT2D eigenvalue weighted by molar-refractivity contribution is -0.121. The normalized spacial score (nSPS) is 11.8. The molecule has 1 heterocycles. The molecular formula is C19H20BrN5O2. The summed E-state index contributed by atoms with van der Waals surface area (Å²) < 4.78 is 8.00. The third kappa shape index (κ3) is 4.91. The van der Waals surface area contributed by atoms with Gasteiger partial charge in [0.25, 0.3) is 0 Å². The van der Waals surface area contributed by atoms with Crippen molar-refractivity contribution in [1.29, 1.82) is 0 Å². The van der Waals surface area contributed by atoms with Crippen LogP contribution < -0.4 is 10.1 Å². The minimum absolute atomic E-state index is 0.1000. The van der Waals surface area contributed by atoms with Gasteiger partial charge < -0.3 is 10.1 Å². The molecule has 0 aliphatic rings. The largest absolute Gasteiger partial charge is 0.494 e. The molecule has 1 amide bonds. The van der Waals surface area contributed by atoms with E-state index in [1.54, 1.807) is 4.68 Å². The number of nitrogens with one attached hydrogen (secondary N) is 1. The summed E-state index contributed by atoms with van der Waals surface area (Å²) in [5.74, 6) is 1.26. The summed E-state index contributed by atoms with van der Waals surface area (Å²) in [6, 6.07) is 14.8. The van der Waals surface area contributed by atoms with Crippen molar-refractivity contribution < 1.29 is 9.53 Å². The molecule has 3 aromatic rings. The molecule has 2 aromatic carbocycles. The molecule has 27 heavy (non-hydrogen) atoms. The number of hydrogen-bond acceptors (Lipinski definition) is 5. The minimum atomic E-state index is -0.334. The van der Waals surface area contributed by atoms with E-state index in [-0.39, 0.29) is 18.4 Å². The molecule has 1 unspecified atom stereocenters. The van der Waals surface area contributed by atoms with Gasteiger partial charge in [0, 0.05) is 4.47 Å². The first-order valence-corrected chi connectivity index (χ1v) is 9.41. The van der Waals surface area contributed by atoms with Gasteiger partial charge in [0.15, 0.2) is 5.82 Å². The van der Waals surface area contributed by atoms with Crippen LogP contribution in [0.3, 0.4) is 0 Å². The molecule has 1 N–H and O–H groups in total. The average Bonchev–Trinajstić information content (AvgIpc) is 3.14. The van der Waals surface area contributed by atoms with E-state index in [9.17, 15) is 4.79 Å². The highest BCUT2D eigenvalue weighted by molar-refractivity contribution is 9.10. The van der Waals surface area contributed by atoms with Crippen LogP contribution in [-0.2, 0) is 11.2 Å². The van der Waals surface area contributed by atoms with E-state index in [2.05, 4.69) is 36.8 Å². The molecule has 1 aromatic heterocycles. The van der Waals surface area contributed by atoms with Crippen LogP contribution in [0.25, 0.3) is 5.69 Å². The van der Waals surface area contributed by atoms with Crippen molar-refractivity contribution in [2.75, 3.05) is 6.61 Å². The van der Waals surface area contributed by atoms with Crippen molar-refractivity contribution in [3.63, 3.8) is 0 Å². The lowest BCUT2D eigenvalue weighted by Gasteiger charge is -2.14. The van der Waals surface area contributed by atoms with Crippen molar-refractivity contribution in [2.24, 2.45) is 0 Å². The number of hydrogen-bond donors (Lipinski definition) is 1. The number of amides is 1. The van der Waals surface area contributed by atoms with Crippen molar-refractivity contribution in [1.82, 2.24) is 25.5 Å². The molecule has 0 saturated heterocycles. The number of carbonyl (C=O) groups excluding carboxylic acids is 1. The predicted molar refractivity (Wildman–Crippen MR) is 105 cm³/mol. The van der Waals surface area contributed by atoms with E-state index in [4.69, 9.17) is 4.74 Å². The standard InChI is InChI=1S/C19H20BrN5O2/c1-3-27-17-10-4-14(5-11-17)12-18(26)21-13(2)19-22-23-24-25(19)16-8-6-15(20)7-9-16/h4-11,13H,3,12H2,1-2H3,(H,21,26). The summed E-state index contributed by atoms with van der Waals surface area (Å²) in [7, 11) is 0. The van der Waals surface area contributed by atoms with Crippen LogP contribution in [0.2, 0.25) is 0 Å². The monoisotopic (exact) mass is 429 g/mol. The molecular weight excluding hydrogens is 410 g/mol. The summed E-state index contributed by atoms with van der Waals surface area (Å²) in [6.07, 6.45) is 0.274. The SMILES string of the molecule is CCOc1ccc(CC(=O)NC(C)c2nnnn2-c2ccc(Br)cc2)cc1. The Labute approximate surface area is 165 Å². The number of tetrazole rings is 1. The zero-order valence-electron chi connectivity index (χ0n) is 15.1. The molecule has 0 saturated carbocycles. The van der Waals surface area contributed by atoms with Crippen molar-refractivity contribution in [2.45, 2.75) is 26.3 Å². The summed E-state index contributed by atoms with van der Waals surface area (Å²) in [5.41, 5.74) is 1.74. The van der Waals surface area contributed by atoms with Crippen molar-refractivity contribution in [3.8, 4) is 11.4 Å². The summed E-state index contributed by atoms with van der Waals surface area (Å²) >= 11 is 3.41. The van der Waals surface area contributed by atoms with Crippen LogP contribution in [0.15, 0.2) is 53.0 Å².